The molecule has 0 unspecified atom stereocenters. The summed E-state index contributed by atoms with van der Waals surface area (Å²) in [7, 11) is 0. The number of imidazole rings is 1. The first-order valence-electron chi connectivity index (χ1n) is 20.7. The molecule has 0 aliphatic carbocycles. The lowest BCUT2D eigenvalue weighted by Crippen LogP contribution is -2.50. The zero-order valence-electron chi connectivity index (χ0n) is 37.2. The lowest BCUT2D eigenvalue weighted by atomic mass is 9.61. The standard InChI is InChI=1S/C52H60N4O2/c1-30-20-18-21-31(2)40(30)43-47(54-46-41-42(51(12,13)52(14,15)56(43)46)37(49(6,7)8)29-38(44(41)57)50(9,10)11)58-34-27-32(48(3,4)5)26-33(28-34)55-39-24-17-16-22-35(39)36-23-19-25-53-45(36)55/h16-29,57H,1-15H3. The van der Waals surface area contributed by atoms with Crippen molar-refractivity contribution in [2.45, 2.75) is 131 Å². The second-order valence-electron chi connectivity index (χ2n) is 20.7. The fraction of sp³-hybridized carbons (Fsp3) is 0.385. The van der Waals surface area contributed by atoms with Gasteiger partial charge in [0.2, 0.25) is 5.88 Å². The topological polar surface area (TPSA) is 65.1 Å². The highest BCUT2D eigenvalue weighted by molar-refractivity contribution is 6.07. The molecule has 6 nitrogen and oxygen atoms in total. The van der Waals surface area contributed by atoms with Crippen molar-refractivity contribution in [3.05, 3.63) is 118 Å². The Morgan fingerprint density at radius 1 is 0.672 bits per heavy atom. The van der Waals surface area contributed by atoms with E-state index in [0.29, 0.717) is 17.4 Å². The van der Waals surface area contributed by atoms with E-state index in [1.807, 2.05) is 12.3 Å². The number of para-hydroxylation sites is 1. The second-order valence-corrected chi connectivity index (χ2v) is 20.7. The number of hydrogen-bond acceptors (Lipinski definition) is 4. The van der Waals surface area contributed by atoms with Crippen LogP contribution in [0.15, 0.2) is 85.1 Å². The Hall–Kier alpha value is -5.36. The van der Waals surface area contributed by atoms with Crippen LogP contribution >= 0.6 is 0 Å². The van der Waals surface area contributed by atoms with E-state index < -0.39 is 11.0 Å². The van der Waals surface area contributed by atoms with Gasteiger partial charge in [-0.1, -0.05) is 119 Å². The smallest absolute Gasteiger partial charge is 0.246 e. The Labute approximate surface area is 345 Å². The SMILES string of the molecule is Cc1cccc(C)c1-c1c(Oc2cc(-n3c4ccccc4c4cccnc43)cc(C(C)(C)C)c2)nc2n1C(C)(C)C(C)(C)c1c(C(C)(C)C)cc(C(C)(C)C)c(O)c1-2. The zero-order chi connectivity index (χ0) is 42.1. The number of nitrogens with zero attached hydrogens (tertiary/aromatic N) is 4. The van der Waals surface area contributed by atoms with Crippen LogP contribution in [0.2, 0.25) is 0 Å². The molecule has 0 bridgehead atoms. The fourth-order valence-corrected chi connectivity index (χ4v) is 9.25. The molecule has 4 aromatic carbocycles. The minimum absolute atomic E-state index is 0.188. The van der Waals surface area contributed by atoms with Crippen molar-refractivity contribution < 1.29 is 9.84 Å². The van der Waals surface area contributed by atoms with Gasteiger partial charge in [-0.05, 0) is 102 Å². The number of aromatic nitrogens is 4. The molecule has 1 aliphatic heterocycles. The van der Waals surface area contributed by atoms with Crippen LogP contribution in [0.3, 0.4) is 0 Å². The summed E-state index contributed by atoms with van der Waals surface area (Å²) in [4.78, 5) is 10.5. The fourth-order valence-electron chi connectivity index (χ4n) is 9.25. The van der Waals surface area contributed by atoms with Crippen LogP contribution in [0.1, 0.15) is 123 Å². The summed E-state index contributed by atoms with van der Waals surface area (Å²) in [6.07, 6.45) is 1.86. The van der Waals surface area contributed by atoms with E-state index in [-0.39, 0.29) is 16.2 Å². The second kappa shape index (κ2) is 12.8. The number of ether oxygens (including phenoxy) is 1. The third kappa shape index (κ3) is 5.88. The van der Waals surface area contributed by atoms with E-state index in [2.05, 4.69) is 186 Å². The molecular formula is C52H60N4O2. The quantitative estimate of drug-likeness (QED) is 0.193. The van der Waals surface area contributed by atoms with Crippen molar-refractivity contribution in [2.24, 2.45) is 0 Å². The molecule has 0 saturated heterocycles. The molecule has 300 valence electrons. The van der Waals surface area contributed by atoms with Gasteiger partial charge in [-0.3, -0.25) is 4.57 Å². The highest BCUT2D eigenvalue weighted by atomic mass is 16.5. The van der Waals surface area contributed by atoms with Gasteiger partial charge in [0.15, 0.2) is 0 Å². The maximum Gasteiger partial charge on any atom is 0.246 e. The summed E-state index contributed by atoms with van der Waals surface area (Å²) in [5.41, 5.74) is 10.8. The van der Waals surface area contributed by atoms with Crippen LogP contribution in [0, 0.1) is 13.8 Å². The average molecular weight is 773 g/mol. The van der Waals surface area contributed by atoms with Crippen LogP contribution in [-0.2, 0) is 27.2 Å². The predicted molar refractivity (Wildman–Crippen MR) is 241 cm³/mol. The van der Waals surface area contributed by atoms with Gasteiger partial charge in [-0.25, -0.2) is 4.98 Å². The molecule has 1 N–H and O–H groups in total. The maximum absolute atomic E-state index is 12.6. The van der Waals surface area contributed by atoms with Crippen molar-refractivity contribution in [3.8, 4) is 45.7 Å². The van der Waals surface area contributed by atoms with Crippen molar-refractivity contribution in [1.29, 1.82) is 0 Å². The highest BCUT2D eigenvalue weighted by Crippen LogP contribution is 2.60. The average Bonchev–Trinajstić information content (AvgIpc) is 3.65. The largest absolute Gasteiger partial charge is 0.507 e. The molecule has 0 amide bonds. The van der Waals surface area contributed by atoms with Gasteiger partial charge in [0.05, 0.1) is 22.3 Å². The Morgan fingerprint density at radius 2 is 1.31 bits per heavy atom. The number of pyridine rings is 1. The predicted octanol–water partition coefficient (Wildman–Crippen LogP) is 13.7. The number of phenols is 1. The van der Waals surface area contributed by atoms with Gasteiger partial charge in [0, 0.05) is 39.6 Å². The molecule has 7 aromatic rings. The van der Waals surface area contributed by atoms with Crippen LogP contribution in [0.5, 0.6) is 17.4 Å². The molecule has 0 atom stereocenters. The first-order chi connectivity index (χ1) is 26.9. The summed E-state index contributed by atoms with van der Waals surface area (Å²) in [6, 6.07) is 27.9. The lowest BCUT2D eigenvalue weighted by Gasteiger charge is -2.51. The summed E-state index contributed by atoms with van der Waals surface area (Å²) in [5.74, 6) is 2.22. The normalized spacial score (nSPS) is 15.2. The Balaban J connectivity index is 1.47. The lowest BCUT2D eigenvalue weighted by molar-refractivity contribution is 0.194. The van der Waals surface area contributed by atoms with E-state index in [9.17, 15) is 5.11 Å². The summed E-state index contributed by atoms with van der Waals surface area (Å²) < 4.78 is 11.9. The van der Waals surface area contributed by atoms with Gasteiger partial charge >= 0.3 is 0 Å². The molecule has 8 rings (SSSR count). The molecule has 1 aliphatic rings. The number of hydrogen-bond donors (Lipinski definition) is 1. The summed E-state index contributed by atoms with van der Waals surface area (Å²) in [6.45, 7) is 33.7. The van der Waals surface area contributed by atoms with Crippen molar-refractivity contribution in [2.75, 3.05) is 0 Å². The first-order valence-corrected chi connectivity index (χ1v) is 20.7. The molecule has 0 saturated carbocycles. The van der Waals surface area contributed by atoms with Crippen LogP contribution in [0.25, 0.3) is 50.3 Å². The number of aromatic hydroxyl groups is 1. The van der Waals surface area contributed by atoms with E-state index in [1.165, 1.54) is 5.56 Å². The summed E-state index contributed by atoms with van der Waals surface area (Å²) in [5, 5.41) is 14.9. The number of phenolic OH excluding ortho intramolecular Hbond substituents is 1. The van der Waals surface area contributed by atoms with Gasteiger partial charge < -0.3 is 14.4 Å². The molecule has 0 fully saturated rings. The molecule has 0 spiro atoms. The van der Waals surface area contributed by atoms with Gasteiger partial charge in [-0.2, -0.15) is 4.98 Å². The van der Waals surface area contributed by atoms with Crippen LogP contribution in [-0.4, -0.2) is 24.2 Å². The molecule has 4 heterocycles. The van der Waals surface area contributed by atoms with Crippen LogP contribution in [0.4, 0.5) is 0 Å². The molecule has 6 heteroatoms. The van der Waals surface area contributed by atoms with Crippen LogP contribution < -0.4 is 4.74 Å². The van der Waals surface area contributed by atoms with E-state index in [1.54, 1.807) is 0 Å². The monoisotopic (exact) mass is 772 g/mol. The van der Waals surface area contributed by atoms with Crippen molar-refractivity contribution >= 4 is 21.9 Å². The van der Waals surface area contributed by atoms with E-state index >= 15 is 0 Å². The van der Waals surface area contributed by atoms with Crippen molar-refractivity contribution in [1.82, 2.24) is 19.1 Å². The Bertz CT molecular complexity index is 2720. The number of benzene rings is 4. The van der Waals surface area contributed by atoms with E-state index in [0.717, 1.165) is 78.1 Å². The number of fused-ring (bicyclic) bond motifs is 6. The highest BCUT2D eigenvalue weighted by Gasteiger charge is 2.52. The maximum atomic E-state index is 12.6. The molecule has 58 heavy (non-hydrogen) atoms. The minimum atomic E-state index is -0.503. The zero-order valence-corrected chi connectivity index (χ0v) is 37.2. The minimum Gasteiger partial charge on any atom is -0.507 e. The van der Waals surface area contributed by atoms with Gasteiger partial charge in [0.25, 0.3) is 0 Å². The first kappa shape index (κ1) is 39.5. The van der Waals surface area contributed by atoms with E-state index in [4.69, 9.17) is 14.7 Å². The molecule has 0 radical (unpaired) electrons. The van der Waals surface area contributed by atoms with Crippen molar-refractivity contribution in [3.63, 3.8) is 0 Å². The Morgan fingerprint density at radius 3 is 1.95 bits per heavy atom. The van der Waals surface area contributed by atoms with Gasteiger partial charge in [0.1, 0.15) is 28.7 Å². The third-order valence-corrected chi connectivity index (χ3v) is 13.1. The molecule has 3 aromatic heterocycles. The molecular weight excluding hydrogens is 713 g/mol. The number of rotatable bonds is 4. The summed E-state index contributed by atoms with van der Waals surface area (Å²) >= 11 is 0. The Kier molecular flexibility index (Phi) is 8.72. The third-order valence-electron chi connectivity index (χ3n) is 13.1. The van der Waals surface area contributed by atoms with Gasteiger partial charge in [-0.15, -0.1) is 0 Å². The number of aryl methyl sites for hydroxylation is 2.